The maximum absolute atomic E-state index is 12.7. The minimum absolute atomic E-state index is 0.208. The van der Waals surface area contributed by atoms with E-state index in [2.05, 4.69) is 15.3 Å². The number of H-pyrrole nitrogens is 1. The van der Waals surface area contributed by atoms with Crippen LogP contribution in [0.25, 0.3) is 0 Å². The summed E-state index contributed by atoms with van der Waals surface area (Å²) in [4.78, 5) is 6.85. The Morgan fingerprint density at radius 3 is 2.76 bits per heavy atom. The molecule has 0 aliphatic carbocycles. The molecule has 1 aromatic heterocycles. The van der Waals surface area contributed by atoms with E-state index in [1.54, 1.807) is 24.5 Å². The minimum Gasteiger partial charge on any atom is -0.371 e. The van der Waals surface area contributed by atoms with Crippen LogP contribution in [0.5, 0.6) is 0 Å². The van der Waals surface area contributed by atoms with Crippen molar-refractivity contribution in [3.8, 4) is 0 Å². The molecular weight excluding hydrogens is 237 g/mol. The predicted molar refractivity (Wildman–Crippen MR) is 68.0 cm³/mol. The van der Waals surface area contributed by atoms with Crippen LogP contribution in [0.15, 0.2) is 36.7 Å². The first-order valence-electron chi connectivity index (χ1n) is 5.27. The Labute approximate surface area is 104 Å². The Hall–Kier alpha value is -1.75. The van der Waals surface area contributed by atoms with Crippen molar-refractivity contribution in [1.82, 2.24) is 9.97 Å². The average Bonchev–Trinajstić information content (AvgIpc) is 2.32. The van der Waals surface area contributed by atoms with E-state index in [1.165, 1.54) is 12.1 Å². The molecule has 0 atom stereocenters. The van der Waals surface area contributed by atoms with Crippen LogP contribution in [-0.4, -0.2) is 16.5 Å². The molecule has 1 heterocycles. The van der Waals surface area contributed by atoms with Gasteiger partial charge in [0.2, 0.25) is 0 Å². The van der Waals surface area contributed by atoms with Crippen molar-refractivity contribution in [1.29, 1.82) is 0 Å². The van der Waals surface area contributed by atoms with Crippen LogP contribution in [0.1, 0.15) is 5.56 Å². The molecule has 17 heavy (non-hydrogen) atoms. The molecule has 2 aromatic rings. The molecule has 0 radical (unpaired) electrons. The van der Waals surface area contributed by atoms with Crippen LogP contribution in [0, 0.1) is 10.5 Å². The third-order valence-electron chi connectivity index (χ3n) is 2.32. The molecule has 0 aliphatic rings. The number of anilines is 1. The zero-order chi connectivity index (χ0) is 12.1. The van der Waals surface area contributed by atoms with Crippen molar-refractivity contribution >= 4 is 18.0 Å². The van der Waals surface area contributed by atoms with E-state index in [1.807, 2.05) is 0 Å². The normalized spacial score (nSPS) is 10.2. The third-order valence-corrected chi connectivity index (χ3v) is 2.55. The second kappa shape index (κ2) is 5.54. The molecule has 0 saturated carbocycles. The van der Waals surface area contributed by atoms with Crippen LogP contribution < -0.4 is 5.32 Å². The highest BCUT2D eigenvalue weighted by Gasteiger charge is 1.95. The molecule has 0 unspecified atom stereocenters. The lowest BCUT2D eigenvalue weighted by atomic mass is 10.1. The smallest absolute Gasteiger partial charge is 0.131 e. The quantitative estimate of drug-likeness (QED) is 0.818. The fraction of sp³-hybridized carbons (Fsp3) is 0.167. The molecule has 2 rings (SSSR count). The van der Waals surface area contributed by atoms with Gasteiger partial charge in [0.05, 0.1) is 6.33 Å². The highest BCUT2D eigenvalue weighted by atomic mass is 32.1. The minimum atomic E-state index is -0.208. The summed E-state index contributed by atoms with van der Waals surface area (Å²) in [5.41, 5.74) is 1.09. The summed E-state index contributed by atoms with van der Waals surface area (Å²) in [5, 5.41) is 3.19. The van der Waals surface area contributed by atoms with E-state index in [0.29, 0.717) is 4.64 Å². The maximum atomic E-state index is 12.7. The van der Waals surface area contributed by atoms with Crippen molar-refractivity contribution in [3.63, 3.8) is 0 Å². The lowest BCUT2D eigenvalue weighted by Crippen LogP contribution is -2.06. The standard InChI is InChI=1S/C12H12FN3S/c13-10-3-1-9(2-4-10)5-6-14-11-7-12(17)16-8-15-11/h1-4,7-8H,5-6H2,(H2,14,15,16,17). The molecule has 0 fully saturated rings. The Kier molecular flexibility index (Phi) is 3.82. The van der Waals surface area contributed by atoms with Gasteiger partial charge in [-0.3, -0.25) is 0 Å². The number of aromatic amines is 1. The van der Waals surface area contributed by atoms with Gasteiger partial charge in [-0.15, -0.1) is 0 Å². The van der Waals surface area contributed by atoms with E-state index in [4.69, 9.17) is 12.2 Å². The second-order valence-corrected chi connectivity index (χ2v) is 4.02. The molecule has 3 nitrogen and oxygen atoms in total. The molecule has 0 amide bonds. The van der Waals surface area contributed by atoms with Crippen LogP contribution in [0.2, 0.25) is 0 Å². The molecule has 0 aliphatic heterocycles. The molecule has 1 aromatic carbocycles. The first kappa shape index (κ1) is 11.7. The highest BCUT2D eigenvalue weighted by molar-refractivity contribution is 7.71. The Bertz CT molecular complexity index is 536. The van der Waals surface area contributed by atoms with E-state index in [9.17, 15) is 4.39 Å². The van der Waals surface area contributed by atoms with Gasteiger partial charge in [0.1, 0.15) is 16.3 Å². The number of hydrogen-bond donors (Lipinski definition) is 2. The van der Waals surface area contributed by atoms with Gasteiger partial charge < -0.3 is 10.3 Å². The van der Waals surface area contributed by atoms with Crippen LogP contribution in [0.3, 0.4) is 0 Å². The van der Waals surface area contributed by atoms with Gasteiger partial charge >= 0.3 is 0 Å². The van der Waals surface area contributed by atoms with Gasteiger partial charge in [-0.25, -0.2) is 9.37 Å². The number of benzene rings is 1. The number of rotatable bonds is 4. The summed E-state index contributed by atoms with van der Waals surface area (Å²) in [6.07, 6.45) is 2.38. The lowest BCUT2D eigenvalue weighted by molar-refractivity contribution is 0.627. The first-order chi connectivity index (χ1) is 8.24. The monoisotopic (exact) mass is 249 g/mol. The summed E-state index contributed by atoms with van der Waals surface area (Å²) in [7, 11) is 0. The molecule has 2 N–H and O–H groups in total. The van der Waals surface area contributed by atoms with E-state index >= 15 is 0 Å². The zero-order valence-electron chi connectivity index (χ0n) is 9.11. The van der Waals surface area contributed by atoms with Gasteiger partial charge in [-0.1, -0.05) is 24.4 Å². The maximum Gasteiger partial charge on any atom is 0.131 e. The van der Waals surface area contributed by atoms with E-state index in [0.717, 1.165) is 24.3 Å². The van der Waals surface area contributed by atoms with Gasteiger partial charge in [-0.2, -0.15) is 0 Å². The summed E-state index contributed by atoms with van der Waals surface area (Å²) in [6, 6.07) is 8.27. The third kappa shape index (κ3) is 3.64. The fourth-order valence-electron chi connectivity index (χ4n) is 1.46. The number of nitrogens with zero attached hydrogens (tertiary/aromatic N) is 1. The Morgan fingerprint density at radius 2 is 2.06 bits per heavy atom. The van der Waals surface area contributed by atoms with Gasteiger partial charge in [0.25, 0.3) is 0 Å². The van der Waals surface area contributed by atoms with Crippen molar-refractivity contribution in [2.75, 3.05) is 11.9 Å². The van der Waals surface area contributed by atoms with Crippen molar-refractivity contribution in [2.24, 2.45) is 0 Å². The number of halogens is 1. The predicted octanol–water partition coefficient (Wildman–Crippen LogP) is 2.93. The van der Waals surface area contributed by atoms with Gasteiger partial charge in [0.15, 0.2) is 0 Å². The summed E-state index contributed by atoms with van der Waals surface area (Å²) >= 11 is 4.95. The molecule has 88 valence electrons. The van der Waals surface area contributed by atoms with Crippen LogP contribution in [0.4, 0.5) is 10.2 Å². The number of hydrogen-bond acceptors (Lipinski definition) is 3. The first-order valence-corrected chi connectivity index (χ1v) is 5.68. The van der Waals surface area contributed by atoms with Crippen molar-refractivity contribution in [2.45, 2.75) is 6.42 Å². The SMILES string of the molecule is Fc1ccc(CCNc2cc(=S)nc[nH]2)cc1. The molecule has 5 heteroatoms. The summed E-state index contributed by atoms with van der Waals surface area (Å²) < 4.78 is 13.2. The van der Waals surface area contributed by atoms with Gasteiger partial charge in [-0.05, 0) is 24.1 Å². The Morgan fingerprint density at radius 1 is 1.29 bits per heavy atom. The Balaban J connectivity index is 1.87. The van der Waals surface area contributed by atoms with E-state index in [-0.39, 0.29) is 5.82 Å². The second-order valence-electron chi connectivity index (χ2n) is 3.60. The highest BCUT2D eigenvalue weighted by Crippen LogP contribution is 2.05. The number of aromatic nitrogens is 2. The van der Waals surface area contributed by atoms with Gasteiger partial charge in [0, 0.05) is 12.6 Å². The number of nitrogens with one attached hydrogen (secondary N) is 2. The largest absolute Gasteiger partial charge is 0.371 e. The lowest BCUT2D eigenvalue weighted by Gasteiger charge is -2.05. The van der Waals surface area contributed by atoms with Crippen molar-refractivity contribution in [3.05, 3.63) is 52.7 Å². The average molecular weight is 249 g/mol. The van der Waals surface area contributed by atoms with Crippen LogP contribution in [-0.2, 0) is 6.42 Å². The summed E-state index contributed by atoms with van der Waals surface area (Å²) in [5.74, 6) is 0.632. The molecular formula is C12H12FN3S. The topological polar surface area (TPSA) is 40.7 Å². The van der Waals surface area contributed by atoms with Crippen LogP contribution >= 0.6 is 12.2 Å². The zero-order valence-corrected chi connectivity index (χ0v) is 9.93. The molecule has 0 bridgehead atoms. The fourth-order valence-corrected chi connectivity index (χ4v) is 1.63. The molecule has 0 spiro atoms. The molecule has 0 saturated heterocycles. The summed E-state index contributed by atoms with van der Waals surface area (Å²) in [6.45, 7) is 0.751. The van der Waals surface area contributed by atoms with Crippen molar-refractivity contribution < 1.29 is 4.39 Å². The van der Waals surface area contributed by atoms with E-state index < -0.39 is 0 Å².